The largest absolute Gasteiger partial charge is 0.744 e. The number of fused-ring (bicyclic) bond motifs is 1. The second-order valence-corrected chi connectivity index (χ2v) is 7.77. The van der Waals surface area contributed by atoms with Crippen LogP contribution in [0.4, 0.5) is 0 Å². The molecule has 0 aliphatic carbocycles. The summed E-state index contributed by atoms with van der Waals surface area (Å²) < 4.78 is 44.1. The van der Waals surface area contributed by atoms with Crippen LogP contribution in [0, 0.1) is 6.92 Å². The molecule has 1 aliphatic rings. The quantitative estimate of drug-likeness (QED) is 0.594. The summed E-state index contributed by atoms with van der Waals surface area (Å²) in [6.07, 6.45) is 1.06. The van der Waals surface area contributed by atoms with Crippen molar-refractivity contribution < 1.29 is 27.0 Å². The second-order valence-electron chi connectivity index (χ2n) is 6.39. The first-order chi connectivity index (χ1) is 12.7. The van der Waals surface area contributed by atoms with Gasteiger partial charge < -0.3 is 14.0 Å². The molecule has 7 heteroatoms. The molecule has 2 aromatic carbocycles. The summed E-state index contributed by atoms with van der Waals surface area (Å²) in [5.41, 5.74) is 4.83. The molecule has 2 aromatic rings. The minimum Gasteiger partial charge on any atom is -0.744 e. The van der Waals surface area contributed by atoms with Crippen molar-refractivity contribution in [3.05, 3.63) is 53.1 Å². The third kappa shape index (κ3) is 5.08. The maximum atomic E-state index is 10.4. The van der Waals surface area contributed by atoms with E-state index in [9.17, 15) is 13.0 Å². The zero-order valence-electron chi connectivity index (χ0n) is 16.3. The van der Waals surface area contributed by atoms with E-state index in [0.29, 0.717) is 0 Å². The van der Waals surface area contributed by atoms with Gasteiger partial charge in [-0.1, -0.05) is 17.7 Å². The highest BCUT2D eigenvalue weighted by Gasteiger charge is 2.22. The average Bonchev–Trinajstić information content (AvgIpc) is 2.64. The van der Waals surface area contributed by atoms with Gasteiger partial charge in [-0.05, 0) is 36.8 Å². The maximum Gasteiger partial charge on any atom is 0.180 e. The third-order valence-corrected chi connectivity index (χ3v) is 5.45. The van der Waals surface area contributed by atoms with E-state index >= 15 is 0 Å². The van der Waals surface area contributed by atoms with Gasteiger partial charge in [-0.15, -0.1) is 0 Å². The number of benzene rings is 2. The molecular weight excluding hydrogens is 366 g/mol. The zero-order chi connectivity index (χ0) is 20.2. The van der Waals surface area contributed by atoms with Crippen LogP contribution in [-0.2, 0) is 16.5 Å². The van der Waals surface area contributed by atoms with Gasteiger partial charge in [0, 0.05) is 18.9 Å². The molecule has 0 radical (unpaired) electrons. The van der Waals surface area contributed by atoms with Crippen molar-refractivity contribution in [3.8, 4) is 11.5 Å². The molecule has 0 fully saturated rings. The molecule has 146 valence electrons. The van der Waals surface area contributed by atoms with E-state index in [2.05, 4.69) is 30.7 Å². The molecule has 0 amide bonds. The number of aryl methyl sites for hydroxylation is 1. The first-order valence-electron chi connectivity index (χ1n) is 8.50. The van der Waals surface area contributed by atoms with Gasteiger partial charge in [0.25, 0.3) is 0 Å². The Labute approximate surface area is 160 Å². The van der Waals surface area contributed by atoms with Crippen LogP contribution in [0.2, 0.25) is 0 Å². The predicted octanol–water partition coefficient (Wildman–Crippen LogP) is 2.61. The van der Waals surface area contributed by atoms with Crippen LogP contribution in [0.5, 0.6) is 11.5 Å². The van der Waals surface area contributed by atoms with Gasteiger partial charge in [0.2, 0.25) is 0 Å². The summed E-state index contributed by atoms with van der Waals surface area (Å²) in [7, 11) is 1.20. The fraction of sp³-hybridized carbons (Fsp3) is 0.350. The van der Waals surface area contributed by atoms with E-state index in [1.165, 1.54) is 29.0 Å². The lowest BCUT2D eigenvalue weighted by molar-refractivity contribution is -0.498. The molecule has 0 bridgehead atoms. The van der Waals surface area contributed by atoms with Gasteiger partial charge in [-0.2, -0.15) is 0 Å². The molecule has 0 unspecified atom stereocenters. The summed E-state index contributed by atoms with van der Waals surface area (Å²) >= 11 is 0. The van der Waals surface area contributed by atoms with Gasteiger partial charge in [0.15, 0.2) is 17.2 Å². The average molecular weight is 391 g/mol. The van der Waals surface area contributed by atoms with Crippen LogP contribution >= 0.6 is 0 Å². The summed E-state index contributed by atoms with van der Waals surface area (Å²) in [5, 5.41) is 0. The molecule has 0 atom stereocenters. The Bertz CT molecular complexity index is 947. The molecule has 0 saturated heterocycles. The summed E-state index contributed by atoms with van der Waals surface area (Å²) in [6, 6.07) is 9.94. The van der Waals surface area contributed by atoms with Gasteiger partial charge >= 0.3 is 0 Å². The molecule has 0 saturated carbocycles. The van der Waals surface area contributed by atoms with Gasteiger partial charge in [-0.25, -0.2) is 13.0 Å². The molecule has 1 aliphatic heterocycles. The molecule has 0 N–H and O–H groups in total. The Kier molecular flexibility index (Phi) is 6.62. The smallest absolute Gasteiger partial charge is 0.180 e. The molecular formula is C20H25NO5S. The highest BCUT2D eigenvalue weighted by Crippen LogP contribution is 2.32. The van der Waals surface area contributed by atoms with Gasteiger partial charge in [0.05, 0.1) is 19.1 Å². The number of likely N-dealkylation sites (N-methyl/N-ethyl adjacent to an activating group) is 1. The lowest BCUT2D eigenvalue weighted by atomic mass is 9.97. The van der Waals surface area contributed by atoms with Crippen molar-refractivity contribution in [1.82, 2.24) is 0 Å². The van der Waals surface area contributed by atoms with Crippen molar-refractivity contribution in [2.45, 2.75) is 25.2 Å². The lowest BCUT2D eigenvalue weighted by Gasteiger charge is -2.17. The monoisotopic (exact) mass is 391 g/mol. The van der Waals surface area contributed by atoms with E-state index in [1.807, 2.05) is 6.92 Å². The van der Waals surface area contributed by atoms with Crippen molar-refractivity contribution in [2.24, 2.45) is 0 Å². The van der Waals surface area contributed by atoms with Crippen molar-refractivity contribution in [2.75, 3.05) is 27.8 Å². The first-order valence-corrected chi connectivity index (χ1v) is 9.90. The number of rotatable bonds is 3. The fourth-order valence-corrected chi connectivity index (χ4v) is 3.30. The normalized spacial score (nSPS) is 13.4. The zero-order valence-corrected chi connectivity index (χ0v) is 17.1. The fourth-order valence-electron chi connectivity index (χ4n) is 2.83. The van der Waals surface area contributed by atoms with Crippen molar-refractivity contribution in [3.63, 3.8) is 0 Å². The molecule has 27 heavy (non-hydrogen) atoms. The summed E-state index contributed by atoms with van der Waals surface area (Å²) in [6.45, 7) is 5.03. The van der Waals surface area contributed by atoms with Crippen molar-refractivity contribution >= 4 is 15.8 Å². The van der Waals surface area contributed by atoms with E-state index in [4.69, 9.17) is 9.47 Å². The molecule has 0 aromatic heterocycles. The summed E-state index contributed by atoms with van der Waals surface area (Å²) in [4.78, 5) is -0.178. The molecule has 3 rings (SSSR count). The van der Waals surface area contributed by atoms with Crippen LogP contribution < -0.4 is 9.47 Å². The minimum absolute atomic E-state index is 0.178. The first kappa shape index (κ1) is 20.9. The SMILES string of the molecule is COc1cc2c(cc1OC)C(C)=[N+](C)CC2.Cc1ccc(S(=O)(=O)[O-])cc1. The minimum atomic E-state index is -4.27. The number of hydrogen-bond acceptors (Lipinski definition) is 5. The number of methoxy groups -OCH3 is 2. The van der Waals surface area contributed by atoms with Crippen LogP contribution in [0.25, 0.3) is 0 Å². The Balaban J connectivity index is 0.000000208. The van der Waals surface area contributed by atoms with Crippen molar-refractivity contribution in [1.29, 1.82) is 0 Å². The van der Waals surface area contributed by atoms with E-state index in [0.717, 1.165) is 30.0 Å². The van der Waals surface area contributed by atoms with Gasteiger partial charge in [0.1, 0.15) is 23.7 Å². The Morgan fingerprint density at radius 2 is 1.56 bits per heavy atom. The van der Waals surface area contributed by atoms with E-state index < -0.39 is 10.1 Å². The summed E-state index contributed by atoms with van der Waals surface area (Å²) in [5.74, 6) is 1.62. The number of hydrogen-bond donors (Lipinski definition) is 0. The highest BCUT2D eigenvalue weighted by molar-refractivity contribution is 7.85. The van der Waals surface area contributed by atoms with Crippen LogP contribution in [0.15, 0.2) is 41.3 Å². The molecule has 0 spiro atoms. The van der Waals surface area contributed by atoms with E-state index in [-0.39, 0.29) is 4.90 Å². The Morgan fingerprint density at radius 3 is 2.07 bits per heavy atom. The van der Waals surface area contributed by atoms with Gasteiger partial charge in [-0.3, -0.25) is 0 Å². The predicted molar refractivity (Wildman–Crippen MR) is 103 cm³/mol. The third-order valence-electron chi connectivity index (χ3n) is 4.60. The van der Waals surface area contributed by atoms with E-state index in [1.54, 1.807) is 26.4 Å². The Hall–Kier alpha value is -2.38. The maximum absolute atomic E-state index is 10.4. The number of nitrogens with zero attached hydrogens (tertiary/aromatic N) is 1. The topological polar surface area (TPSA) is 78.7 Å². The second kappa shape index (κ2) is 8.54. The number of ether oxygens (including phenoxy) is 2. The Morgan fingerprint density at radius 1 is 1.00 bits per heavy atom. The van der Waals surface area contributed by atoms with Crippen LogP contribution in [-0.4, -0.2) is 51.1 Å². The molecule has 6 nitrogen and oxygen atoms in total. The molecule has 1 heterocycles. The lowest BCUT2D eigenvalue weighted by Crippen LogP contribution is -2.25. The highest BCUT2D eigenvalue weighted by atomic mass is 32.2. The standard InChI is InChI=1S/C13H18NO2.C7H8O3S/c1-9-11-8-13(16-4)12(15-3)7-10(11)5-6-14(9)2;1-6-2-4-7(5-3-6)11(8,9)10/h7-8H,5-6H2,1-4H3;2-5H,1H3,(H,8,9,10)/q+1;/p-1. The van der Waals surface area contributed by atoms with Crippen LogP contribution in [0.3, 0.4) is 0 Å². The van der Waals surface area contributed by atoms with Crippen LogP contribution in [0.1, 0.15) is 23.6 Å².